The summed E-state index contributed by atoms with van der Waals surface area (Å²) < 4.78 is 4.73. The monoisotopic (exact) mass is 202 g/mol. The lowest BCUT2D eigenvalue weighted by Gasteiger charge is -2.20. The van der Waals surface area contributed by atoms with Gasteiger partial charge in [0.25, 0.3) is 5.91 Å². The number of hydrogen-bond acceptors (Lipinski definition) is 4. The van der Waals surface area contributed by atoms with Gasteiger partial charge in [-0.2, -0.15) is 0 Å². The van der Waals surface area contributed by atoms with E-state index in [9.17, 15) is 9.59 Å². The zero-order valence-corrected chi connectivity index (χ0v) is 8.23. The molecule has 1 fully saturated rings. The van der Waals surface area contributed by atoms with Gasteiger partial charge in [0.2, 0.25) is 0 Å². The van der Waals surface area contributed by atoms with Crippen LogP contribution >= 0.6 is 0 Å². The normalized spacial score (nSPS) is 17.3. The minimum Gasteiger partial charge on any atom is -0.436 e. The van der Waals surface area contributed by atoms with Crippen molar-refractivity contribution in [3.05, 3.63) is 0 Å². The highest BCUT2D eigenvalue weighted by Crippen LogP contribution is 2.35. The van der Waals surface area contributed by atoms with Gasteiger partial charge in [-0.3, -0.25) is 9.63 Å². The average molecular weight is 202 g/mol. The van der Waals surface area contributed by atoms with Gasteiger partial charge in [0.05, 0.1) is 7.11 Å². The number of likely N-dealkylation sites (N-methyl/N-ethyl adjacent to an activating group) is 1. The molecule has 0 heterocycles. The van der Waals surface area contributed by atoms with Gasteiger partial charge in [0, 0.05) is 13.0 Å². The van der Waals surface area contributed by atoms with E-state index in [2.05, 4.69) is 0 Å². The minimum atomic E-state index is -0.931. The van der Waals surface area contributed by atoms with Crippen LogP contribution in [0.2, 0.25) is 0 Å². The topological polar surface area (TPSA) is 81.9 Å². The van der Waals surface area contributed by atoms with Crippen molar-refractivity contribution in [2.75, 3.05) is 14.2 Å². The van der Waals surface area contributed by atoms with Gasteiger partial charge in [-0.1, -0.05) is 0 Å². The SMILES string of the molecule is CON(C)C(=O)[C@H](OC(N)=O)C1CC1. The molecular formula is C8H14N2O4. The van der Waals surface area contributed by atoms with Crippen LogP contribution in [0.4, 0.5) is 4.79 Å². The number of ether oxygens (including phenoxy) is 1. The van der Waals surface area contributed by atoms with Crippen LogP contribution in [0, 0.1) is 5.92 Å². The Morgan fingerprint density at radius 2 is 2.07 bits per heavy atom. The molecular weight excluding hydrogens is 188 g/mol. The number of carbonyl (C=O) groups excluding carboxylic acids is 2. The smallest absolute Gasteiger partial charge is 0.405 e. The van der Waals surface area contributed by atoms with Crippen molar-refractivity contribution in [2.45, 2.75) is 18.9 Å². The Balaban J connectivity index is 2.57. The van der Waals surface area contributed by atoms with Crippen LogP contribution < -0.4 is 5.73 Å². The predicted octanol–water partition coefficient (Wildman–Crippen LogP) is -0.120. The van der Waals surface area contributed by atoms with Crippen molar-refractivity contribution >= 4 is 12.0 Å². The van der Waals surface area contributed by atoms with Crippen molar-refractivity contribution < 1.29 is 19.2 Å². The Bertz CT molecular complexity index is 239. The molecule has 6 nitrogen and oxygen atoms in total. The van der Waals surface area contributed by atoms with Crippen molar-refractivity contribution in [3.8, 4) is 0 Å². The third kappa shape index (κ3) is 2.59. The maximum absolute atomic E-state index is 11.6. The maximum Gasteiger partial charge on any atom is 0.405 e. The van der Waals surface area contributed by atoms with E-state index in [-0.39, 0.29) is 11.8 Å². The molecule has 0 bridgehead atoms. The Hall–Kier alpha value is -1.30. The molecule has 1 atom stereocenters. The predicted molar refractivity (Wildman–Crippen MR) is 47.0 cm³/mol. The van der Waals surface area contributed by atoms with Gasteiger partial charge in [0.1, 0.15) is 0 Å². The molecule has 2 N–H and O–H groups in total. The molecule has 1 rings (SSSR count). The van der Waals surface area contributed by atoms with Crippen molar-refractivity contribution in [2.24, 2.45) is 11.7 Å². The third-order valence-electron chi connectivity index (χ3n) is 2.12. The number of rotatable bonds is 4. The first-order valence-electron chi connectivity index (χ1n) is 4.34. The summed E-state index contributed by atoms with van der Waals surface area (Å²) in [6.07, 6.45) is 0.0277. The molecule has 0 aromatic rings. The Morgan fingerprint density at radius 1 is 1.50 bits per heavy atom. The Kier molecular flexibility index (Phi) is 3.29. The largest absolute Gasteiger partial charge is 0.436 e. The van der Waals surface area contributed by atoms with E-state index < -0.39 is 12.2 Å². The molecule has 1 saturated carbocycles. The average Bonchev–Trinajstić information content (AvgIpc) is 2.94. The van der Waals surface area contributed by atoms with Gasteiger partial charge in [-0.15, -0.1) is 0 Å². The van der Waals surface area contributed by atoms with E-state index in [4.69, 9.17) is 15.3 Å². The molecule has 6 heteroatoms. The molecule has 0 aromatic heterocycles. The van der Waals surface area contributed by atoms with Gasteiger partial charge < -0.3 is 10.5 Å². The molecule has 1 aliphatic rings. The quantitative estimate of drug-likeness (QED) is 0.644. The number of nitrogens with zero attached hydrogens (tertiary/aromatic N) is 1. The lowest BCUT2D eigenvalue weighted by molar-refractivity contribution is -0.178. The van der Waals surface area contributed by atoms with Crippen molar-refractivity contribution in [1.29, 1.82) is 0 Å². The Morgan fingerprint density at radius 3 is 2.43 bits per heavy atom. The number of hydroxylamine groups is 2. The summed E-state index contributed by atoms with van der Waals surface area (Å²) in [5.41, 5.74) is 4.87. The van der Waals surface area contributed by atoms with E-state index in [0.717, 1.165) is 17.9 Å². The molecule has 80 valence electrons. The number of nitrogens with two attached hydrogens (primary N) is 1. The summed E-state index contributed by atoms with van der Waals surface area (Å²) in [6.45, 7) is 0. The lowest BCUT2D eigenvalue weighted by atomic mass is 10.2. The van der Waals surface area contributed by atoms with Gasteiger partial charge in [-0.25, -0.2) is 9.86 Å². The second-order valence-electron chi connectivity index (χ2n) is 3.21. The molecule has 0 aliphatic heterocycles. The van der Waals surface area contributed by atoms with Crippen LogP contribution in [0.25, 0.3) is 0 Å². The zero-order chi connectivity index (χ0) is 10.7. The van der Waals surface area contributed by atoms with E-state index in [1.165, 1.54) is 14.2 Å². The van der Waals surface area contributed by atoms with E-state index in [1.54, 1.807) is 0 Å². The molecule has 0 aromatic carbocycles. The highest BCUT2D eigenvalue weighted by atomic mass is 16.7. The summed E-state index contributed by atoms with van der Waals surface area (Å²) in [7, 11) is 2.83. The van der Waals surface area contributed by atoms with Gasteiger partial charge in [-0.05, 0) is 12.8 Å². The second-order valence-corrected chi connectivity index (χ2v) is 3.21. The highest BCUT2D eigenvalue weighted by molar-refractivity contribution is 5.82. The van der Waals surface area contributed by atoms with Gasteiger partial charge >= 0.3 is 6.09 Å². The molecule has 2 amide bonds. The van der Waals surface area contributed by atoms with Crippen LogP contribution in [-0.4, -0.2) is 37.3 Å². The summed E-state index contributed by atoms with van der Waals surface area (Å²) in [4.78, 5) is 26.8. The van der Waals surface area contributed by atoms with E-state index in [0.29, 0.717) is 0 Å². The summed E-state index contributed by atoms with van der Waals surface area (Å²) in [5, 5.41) is 1.03. The van der Waals surface area contributed by atoms with Crippen LogP contribution in [0.5, 0.6) is 0 Å². The third-order valence-corrected chi connectivity index (χ3v) is 2.12. The first-order chi connectivity index (χ1) is 6.56. The van der Waals surface area contributed by atoms with Crippen molar-refractivity contribution in [1.82, 2.24) is 5.06 Å². The van der Waals surface area contributed by atoms with Crippen molar-refractivity contribution in [3.63, 3.8) is 0 Å². The fourth-order valence-electron chi connectivity index (χ4n) is 1.14. The van der Waals surface area contributed by atoms with Crippen LogP contribution in [0.1, 0.15) is 12.8 Å². The summed E-state index contributed by atoms with van der Waals surface area (Å²) >= 11 is 0. The fourth-order valence-corrected chi connectivity index (χ4v) is 1.14. The molecule has 0 radical (unpaired) electrons. The number of carbonyl (C=O) groups is 2. The lowest BCUT2D eigenvalue weighted by Crippen LogP contribution is -2.40. The zero-order valence-electron chi connectivity index (χ0n) is 8.23. The summed E-state index contributed by atoms with van der Waals surface area (Å²) in [5.74, 6) is -0.290. The maximum atomic E-state index is 11.6. The molecule has 0 spiro atoms. The van der Waals surface area contributed by atoms with E-state index >= 15 is 0 Å². The highest BCUT2D eigenvalue weighted by Gasteiger charge is 2.40. The number of primary amides is 1. The number of amides is 2. The first kappa shape index (κ1) is 10.8. The first-order valence-corrected chi connectivity index (χ1v) is 4.34. The second kappa shape index (κ2) is 4.28. The van der Waals surface area contributed by atoms with Gasteiger partial charge in [0.15, 0.2) is 6.10 Å². The number of hydrogen-bond donors (Lipinski definition) is 1. The van der Waals surface area contributed by atoms with E-state index in [1.807, 2.05) is 0 Å². The molecule has 0 unspecified atom stereocenters. The Labute approximate surface area is 81.9 Å². The van der Waals surface area contributed by atoms with Crippen LogP contribution in [0.15, 0.2) is 0 Å². The fraction of sp³-hybridized carbons (Fsp3) is 0.750. The summed E-state index contributed by atoms with van der Waals surface area (Å²) in [6, 6.07) is 0. The molecule has 14 heavy (non-hydrogen) atoms. The standard InChI is InChI=1S/C8H14N2O4/c1-10(13-2)7(11)6(5-3-4-5)14-8(9)12/h5-6H,3-4H2,1-2H3,(H2,9,12)/t6-/m1/s1. The van der Waals surface area contributed by atoms with Crippen LogP contribution in [0.3, 0.4) is 0 Å². The van der Waals surface area contributed by atoms with Crippen LogP contribution in [-0.2, 0) is 14.4 Å². The molecule has 0 saturated heterocycles. The minimum absolute atomic E-state index is 0.0904. The molecule has 1 aliphatic carbocycles.